The van der Waals surface area contributed by atoms with Gasteiger partial charge in [-0.15, -0.1) is 0 Å². The van der Waals surface area contributed by atoms with Crippen LogP contribution in [0, 0.1) is 5.92 Å². The number of benzene rings is 4. The number of dihydropyridines is 1. The van der Waals surface area contributed by atoms with Gasteiger partial charge in [-0.1, -0.05) is 121 Å². The number of hydrogen-bond acceptors (Lipinski definition) is 4. The molecule has 5 aromatic rings. The number of nitrogens with zero attached hydrogens (tertiary/aromatic N) is 1. The van der Waals surface area contributed by atoms with E-state index in [1.165, 1.54) is 27.8 Å². The summed E-state index contributed by atoms with van der Waals surface area (Å²) in [6, 6.07) is 42.6. The minimum Gasteiger partial charge on any atom is -0.461 e. The van der Waals surface area contributed by atoms with Crippen LogP contribution in [0.3, 0.4) is 0 Å². The van der Waals surface area contributed by atoms with Crippen molar-refractivity contribution in [2.24, 2.45) is 5.92 Å². The van der Waals surface area contributed by atoms with E-state index >= 15 is 0 Å². The van der Waals surface area contributed by atoms with Gasteiger partial charge in [0.15, 0.2) is 0 Å². The lowest BCUT2D eigenvalue weighted by Crippen LogP contribution is -2.46. The van der Waals surface area contributed by atoms with Gasteiger partial charge in [0.1, 0.15) is 23.0 Å². The van der Waals surface area contributed by atoms with Gasteiger partial charge in [-0.3, -0.25) is 0 Å². The summed E-state index contributed by atoms with van der Waals surface area (Å²) in [6.45, 7) is 0. The van der Waals surface area contributed by atoms with E-state index in [9.17, 15) is 0 Å². The topological polar surface area (TPSA) is 43.4 Å². The minimum absolute atomic E-state index is 0.0905. The van der Waals surface area contributed by atoms with Crippen molar-refractivity contribution in [1.82, 2.24) is 10.3 Å². The molecule has 1 N–H and O–H groups in total. The van der Waals surface area contributed by atoms with Gasteiger partial charge in [0.2, 0.25) is 0 Å². The SMILES string of the molecule is C1=CCC2C(=C1)OC1=C(CCC(C3C=CC=C(c4ccccc4)N3)=C1)C21c2ccccc2Oc2cc(-c3cccc(-c4ccccc4)n3)ccc21. The van der Waals surface area contributed by atoms with E-state index in [0.717, 1.165) is 70.5 Å². The van der Waals surface area contributed by atoms with Gasteiger partial charge in [-0.05, 0) is 78.5 Å². The fourth-order valence-corrected chi connectivity index (χ4v) is 8.73. The second-order valence-corrected chi connectivity index (χ2v) is 13.8. The zero-order chi connectivity index (χ0) is 33.8. The van der Waals surface area contributed by atoms with E-state index in [2.05, 4.69) is 163 Å². The molecule has 10 rings (SSSR count). The van der Waals surface area contributed by atoms with Crippen LogP contribution in [-0.4, -0.2) is 11.0 Å². The van der Waals surface area contributed by atoms with Gasteiger partial charge in [-0.25, -0.2) is 4.98 Å². The highest BCUT2D eigenvalue weighted by Crippen LogP contribution is 2.63. The van der Waals surface area contributed by atoms with Crippen molar-refractivity contribution in [3.8, 4) is 34.0 Å². The molecule has 0 fully saturated rings. The molecule has 4 nitrogen and oxygen atoms in total. The Morgan fingerprint density at radius 2 is 1.41 bits per heavy atom. The molecule has 0 saturated carbocycles. The molecule has 5 aliphatic rings. The Morgan fingerprint density at radius 3 is 2.27 bits per heavy atom. The zero-order valence-corrected chi connectivity index (χ0v) is 28.1. The Balaban J connectivity index is 1.11. The number of allylic oxidation sites excluding steroid dienone is 8. The number of aromatic nitrogens is 1. The monoisotopic (exact) mass is 660 g/mol. The average Bonchev–Trinajstić information content (AvgIpc) is 3.21. The van der Waals surface area contributed by atoms with Crippen LogP contribution in [0.5, 0.6) is 11.5 Å². The highest BCUT2D eigenvalue weighted by Gasteiger charge is 2.56. The van der Waals surface area contributed by atoms with Crippen LogP contribution in [-0.2, 0) is 10.2 Å². The molecule has 0 bridgehead atoms. The molecule has 0 saturated heterocycles. The third kappa shape index (κ3) is 4.85. The summed E-state index contributed by atoms with van der Waals surface area (Å²) in [4.78, 5) is 5.09. The maximum atomic E-state index is 6.93. The first-order valence-electron chi connectivity index (χ1n) is 17.9. The zero-order valence-electron chi connectivity index (χ0n) is 28.1. The number of pyridine rings is 1. The molecule has 3 atom stereocenters. The second-order valence-electron chi connectivity index (χ2n) is 13.8. The third-order valence-electron chi connectivity index (χ3n) is 11.0. The van der Waals surface area contributed by atoms with Crippen LogP contribution >= 0.6 is 0 Å². The van der Waals surface area contributed by atoms with Gasteiger partial charge in [0.05, 0.1) is 22.8 Å². The molecule has 3 aliphatic heterocycles. The Morgan fingerprint density at radius 1 is 0.647 bits per heavy atom. The minimum atomic E-state index is -0.445. The molecule has 0 radical (unpaired) electrons. The smallest absolute Gasteiger partial charge is 0.132 e. The standard InChI is InChI=1S/C47H36N2O2/c1-3-13-31(14-4-1)39-19-11-21-41(48-39)33-25-27-37-45(29-33)50-43-23-9-7-17-35(43)47(37)36-18-8-10-24-44(36)51-46-30-34(26-28-38(46)47)42-22-12-20-40(49-42)32-15-5-2-6-16-32/h1-17,19-25,27,29-30,36,42,49H,18,26,28H2. The fourth-order valence-electron chi connectivity index (χ4n) is 8.73. The molecule has 4 aromatic carbocycles. The molecule has 4 heteroatoms. The lowest BCUT2D eigenvalue weighted by Gasteiger charge is -2.52. The molecule has 1 spiro atoms. The average molecular weight is 661 g/mol. The van der Waals surface area contributed by atoms with E-state index in [0.29, 0.717) is 0 Å². The third-order valence-corrected chi connectivity index (χ3v) is 11.0. The molecule has 2 aliphatic carbocycles. The number of rotatable bonds is 4. The summed E-state index contributed by atoms with van der Waals surface area (Å²) < 4.78 is 13.8. The van der Waals surface area contributed by atoms with Crippen LogP contribution in [0.25, 0.3) is 28.2 Å². The van der Waals surface area contributed by atoms with E-state index in [4.69, 9.17) is 14.5 Å². The molecule has 0 amide bonds. The Labute approximate surface area is 298 Å². The normalized spacial score (nSPS) is 22.5. The summed E-state index contributed by atoms with van der Waals surface area (Å²) in [5.41, 5.74) is 10.9. The van der Waals surface area contributed by atoms with Crippen molar-refractivity contribution < 1.29 is 9.47 Å². The molecule has 3 unspecified atom stereocenters. The van der Waals surface area contributed by atoms with E-state index in [1.54, 1.807) is 0 Å². The molecule has 51 heavy (non-hydrogen) atoms. The van der Waals surface area contributed by atoms with Crippen LogP contribution < -0.4 is 10.1 Å². The molecule has 246 valence electrons. The quantitative estimate of drug-likeness (QED) is 0.208. The van der Waals surface area contributed by atoms with Crippen molar-refractivity contribution in [3.63, 3.8) is 0 Å². The summed E-state index contributed by atoms with van der Waals surface area (Å²) in [5.74, 6) is 3.86. The Bertz CT molecular complexity index is 2380. The van der Waals surface area contributed by atoms with Crippen molar-refractivity contribution in [2.45, 2.75) is 30.7 Å². The number of fused-ring (bicyclic) bond motifs is 7. The predicted octanol–water partition coefficient (Wildman–Crippen LogP) is 10.8. The Kier molecular flexibility index (Phi) is 7.02. The maximum absolute atomic E-state index is 6.93. The van der Waals surface area contributed by atoms with Crippen LogP contribution in [0.4, 0.5) is 0 Å². The lowest BCUT2D eigenvalue weighted by atomic mass is 9.55. The highest BCUT2D eigenvalue weighted by atomic mass is 16.5. The number of para-hydroxylation sites is 1. The lowest BCUT2D eigenvalue weighted by molar-refractivity contribution is 0.176. The maximum Gasteiger partial charge on any atom is 0.132 e. The van der Waals surface area contributed by atoms with Gasteiger partial charge >= 0.3 is 0 Å². The highest BCUT2D eigenvalue weighted by molar-refractivity contribution is 5.73. The van der Waals surface area contributed by atoms with Crippen LogP contribution in [0.2, 0.25) is 0 Å². The molecular weight excluding hydrogens is 625 g/mol. The molecule has 4 heterocycles. The van der Waals surface area contributed by atoms with Crippen molar-refractivity contribution in [2.75, 3.05) is 0 Å². The summed E-state index contributed by atoms with van der Waals surface area (Å²) in [6.07, 6.45) is 18.2. The number of ether oxygens (including phenoxy) is 2. The largest absolute Gasteiger partial charge is 0.461 e. The van der Waals surface area contributed by atoms with Gasteiger partial charge in [0, 0.05) is 33.9 Å². The summed E-state index contributed by atoms with van der Waals surface area (Å²) in [7, 11) is 0. The van der Waals surface area contributed by atoms with Gasteiger partial charge in [-0.2, -0.15) is 0 Å². The van der Waals surface area contributed by atoms with Crippen molar-refractivity contribution in [3.05, 3.63) is 203 Å². The summed E-state index contributed by atoms with van der Waals surface area (Å²) >= 11 is 0. The first-order chi connectivity index (χ1) is 25.3. The van der Waals surface area contributed by atoms with E-state index in [1.807, 2.05) is 6.07 Å². The summed E-state index contributed by atoms with van der Waals surface area (Å²) in [5, 5.41) is 3.81. The first kappa shape index (κ1) is 29.8. The first-order valence-corrected chi connectivity index (χ1v) is 17.9. The van der Waals surface area contributed by atoms with Crippen LogP contribution in [0.1, 0.15) is 36.0 Å². The van der Waals surface area contributed by atoms with Crippen molar-refractivity contribution in [1.29, 1.82) is 0 Å². The van der Waals surface area contributed by atoms with E-state index in [-0.39, 0.29) is 12.0 Å². The number of hydrogen-bond donors (Lipinski definition) is 1. The molecule has 1 aromatic heterocycles. The second kappa shape index (κ2) is 12.0. The van der Waals surface area contributed by atoms with E-state index < -0.39 is 5.41 Å². The fraction of sp³-hybridized carbons (Fsp3) is 0.128. The van der Waals surface area contributed by atoms with Crippen LogP contribution in [0.15, 0.2) is 187 Å². The van der Waals surface area contributed by atoms with Crippen molar-refractivity contribution >= 4 is 5.70 Å². The molecular formula is C47H36N2O2. The number of nitrogens with one attached hydrogen (secondary N) is 1. The van der Waals surface area contributed by atoms with Gasteiger partial charge < -0.3 is 14.8 Å². The Hall–Kier alpha value is -6.13. The predicted molar refractivity (Wildman–Crippen MR) is 204 cm³/mol. The van der Waals surface area contributed by atoms with Gasteiger partial charge in [0.25, 0.3) is 0 Å².